The van der Waals surface area contributed by atoms with E-state index in [1.165, 1.54) is 4.57 Å². The Morgan fingerprint density at radius 3 is 2.86 bits per heavy atom. The number of aromatic nitrogens is 6. The first-order valence-electron chi connectivity index (χ1n) is 6.36. The van der Waals surface area contributed by atoms with Gasteiger partial charge in [0.25, 0.3) is 0 Å². The molecule has 0 saturated heterocycles. The largest absolute Gasteiger partial charge is 0.463 e. The van der Waals surface area contributed by atoms with E-state index in [-0.39, 0.29) is 17.6 Å². The van der Waals surface area contributed by atoms with Gasteiger partial charge in [-0.15, -0.1) is 5.10 Å². The van der Waals surface area contributed by atoms with E-state index in [1.54, 1.807) is 0 Å². The number of ether oxygens (including phenoxy) is 1. The van der Waals surface area contributed by atoms with Gasteiger partial charge in [-0.2, -0.15) is 15.0 Å². The summed E-state index contributed by atoms with van der Waals surface area (Å²) in [7, 11) is 0. The normalized spacial score (nSPS) is 10.6. The molecule has 2 heterocycles. The fraction of sp³-hybridized carbons (Fsp3) is 0.500. The molecule has 0 radical (unpaired) electrons. The number of hydrogen-bond acceptors (Lipinski definition) is 9. The highest BCUT2D eigenvalue weighted by Gasteiger charge is 2.13. The third-order valence-electron chi connectivity index (χ3n) is 2.38. The van der Waals surface area contributed by atoms with Gasteiger partial charge in [0.15, 0.2) is 5.16 Å². The second-order valence-electron chi connectivity index (χ2n) is 3.87. The highest BCUT2D eigenvalue weighted by Crippen LogP contribution is 2.23. The van der Waals surface area contributed by atoms with Crippen LogP contribution in [0.2, 0.25) is 0 Å². The van der Waals surface area contributed by atoms with Gasteiger partial charge in [0.1, 0.15) is 0 Å². The number of nitrogens with one attached hydrogen (secondary N) is 2. The molecular formula is C10H16N8O2S. The van der Waals surface area contributed by atoms with Crippen molar-refractivity contribution in [1.29, 1.82) is 0 Å². The standard InChI is InChI=1S/C10H16N8O2S/c1-3-5-20-7-12-6(15-11)13-8(14-7)21-10-17-16-9(19)18(10)4-2/h3-5,11H2,1-2H3,(H,16,19)(H,12,13,14,15). The molecule has 2 rings (SSSR count). The molecule has 0 fully saturated rings. The van der Waals surface area contributed by atoms with E-state index in [0.717, 1.165) is 18.2 Å². The molecule has 2 aromatic heterocycles. The fourth-order valence-corrected chi connectivity index (χ4v) is 2.28. The quantitative estimate of drug-likeness (QED) is 0.476. The highest BCUT2D eigenvalue weighted by molar-refractivity contribution is 7.99. The lowest BCUT2D eigenvalue weighted by atomic mass is 10.5. The first-order valence-corrected chi connectivity index (χ1v) is 7.18. The van der Waals surface area contributed by atoms with Gasteiger partial charge in [-0.25, -0.2) is 15.7 Å². The molecule has 0 aliphatic rings. The second kappa shape index (κ2) is 7.04. The molecule has 0 aliphatic heterocycles. The van der Waals surface area contributed by atoms with Crippen LogP contribution in [0.25, 0.3) is 0 Å². The number of hydrogen-bond donors (Lipinski definition) is 3. The summed E-state index contributed by atoms with van der Waals surface area (Å²) in [5.41, 5.74) is 2.07. The first-order chi connectivity index (χ1) is 10.2. The van der Waals surface area contributed by atoms with Crippen molar-refractivity contribution < 1.29 is 4.74 Å². The molecule has 0 bridgehead atoms. The predicted octanol–water partition coefficient (Wildman–Crippen LogP) is 0.00190. The zero-order valence-corrected chi connectivity index (χ0v) is 12.5. The molecule has 4 N–H and O–H groups in total. The molecule has 10 nitrogen and oxygen atoms in total. The number of aromatic amines is 1. The van der Waals surface area contributed by atoms with E-state index in [0.29, 0.717) is 23.5 Å². The van der Waals surface area contributed by atoms with Crippen LogP contribution in [0, 0.1) is 0 Å². The zero-order chi connectivity index (χ0) is 15.2. The Labute approximate surface area is 124 Å². The van der Waals surface area contributed by atoms with Crippen molar-refractivity contribution in [2.45, 2.75) is 37.1 Å². The Balaban J connectivity index is 2.27. The number of rotatable bonds is 7. The molecule has 0 saturated carbocycles. The molecule has 0 unspecified atom stereocenters. The van der Waals surface area contributed by atoms with E-state index in [9.17, 15) is 4.79 Å². The van der Waals surface area contributed by atoms with Gasteiger partial charge in [0.05, 0.1) is 6.61 Å². The Bertz CT molecular complexity index is 655. The van der Waals surface area contributed by atoms with Crippen molar-refractivity contribution in [2.75, 3.05) is 12.0 Å². The van der Waals surface area contributed by atoms with Crippen LogP contribution in [0.4, 0.5) is 5.95 Å². The number of nitrogen functional groups attached to an aromatic ring is 1. The molecule has 0 atom stereocenters. The molecule has 21 heavy (non-hydrogen) atoms. The van der Waals surface area contributed by atoms with E-state index in [2.05, 4.69) is 30.6 Å². The van der Waals surface area contributed by atoms with Gasteiger partial charge in [-0.1, -0.05) is 6.92 Å². The minimum atomic E-state index is -0.284. The minimum absolute atomic E-state index is 0.170. The van der Waals surface area contributed by atoms with Crippen LogP contribution >= 0.6 is 11.8 Å². The van der Waals surface area contributed by atoms with Gasteiger partial charge >= 0.3 is 11.7 Å². The molecule has 11 heteroatoms. The average Bonchev–Trinajstić information content (AvgIpc) is 2.84. The molecule has 114 valence electrons. The monoisotopic (exact) mass is 312 g/mol. The maximum atomic E-state index is 11.5. The van der Waals surface area contributed by atoms with E-state index >= 15 is 0 Å². The Morgan fingerprint density at radius 2 is 2.19 bits per heavy atom. The van der Waals surface area contributed by atoms with Crippen LogP contribution in [-0.2, 0) is 6.54 Å². The van der Waals surface area contributed by atoms with Crippen molar-refractivity contribution in [2.24, 2.45) is 5.84 Å². The van der Waals surface area contributed by atoms with E-state index in [1.807, 2.05) is 13.8 Å². The van der Waals surface area contributed by atoms with Gasteiger partial charge in [0.2, 0.25) is 11.1 Å². The number of H-pyrrole nitrogens is 1. The summed E-state index contributed by atoms with van der Waals surface area (Å²) in [6.45, 7) is 4.80. The van der Waals surface area contributed by atoms with Gasteiger partial charge in [-0.05, 0) is 25.1 Å². The predicted molar refractivity (Wildman–Crippen MR) is 76.1 cm³/mol. The SMILES string of the molecule is CCCOc1nc(NN)nc(Sc2n[nH]c(=O)n2CC)n1. The minimum Gasteiger partial charge on any atom is -0.463 e. The number of nitrogens with zero attached hydrogens (tertiary/aromatic N) is 5. The number of nitrogens with two attached hydrogens (primary N) is 1. The van der Waals surface area contributed by atoms with Crippen molar-refractivity contribution in [3.8, 4) is 6.01 Å². The molecule has 0 amide bonds. The molecule has 0 aromatic carbocycles. The molecule has 2 aromatic rings. The second-order valence-corrected chi connectivity index (χ2v) is 4.81. The summed E-state index contributed by atoms with van der Waals surface area (Å²) in [5, 5.41) is 7.09. The Morgan fingerprint density at radius 1 is 1.38 bits per heavy atom. The van der Waals surface area contributed by atoms with Crippen molar-refractivity contribution >= 4 is 17.7 Å². The Hall–Kier alpha value is -2.14. The lowest BCUT2D eigenvalue weighted by molar-refractivity contribution is 0.288. The number of anilines is 1. The summed E-state index contributed by atoms with van der Waals surface area (Å²) in [5.74, 6) is 5.51. The number of hydrazine groups is 1. The van der Waals surface area contributed by atoms with Gasteiger partial charge in [0, 0.05) is 6.54 Å². The highest BCUT2D eigenvalue weighted by atomic mass is 32.2. The molecule has 0 aliphatic carbocycles. The first kappa shape index (κ1) is 15.3. The zero-order valence-electron chi connectivity index (χ0n) is 11.7. The topological polar surface area (TPSA) is 137 Å². The maximum absolute atomic E-state index is 11.5. The van der Waals surface area contributed by atoms with E-state index < -0.39 is 0 Å². The third kappa shape index (κ3) is 3.70. The van der Waals surface area contributed by atoms with Crippen molar-refractivity contribution in [3.05, 3.63) is 10.5 Å². The lowest BCUT2D eigenvalue weighted by Crippen LogP contribution is -2.16. The lowest BCUT2D eigenvalue weighted by Gasteiger charge is -2.06. The van der Waals surface area contributed by atoms with Crippen molar-refractivity contribution in [3.63, 3.8) is 0 Å². The molecule has 0 spiro atoms. The Kier molecular flexibility index (Phi) is 5.11. The van der Waals surface area contributed by atoms with Crippen LogP contribution in [0.1, 0.15) is 20.3 Å². The van der Waals surface area contributed by atoms with E-state index in [4.69, 9.17) is 10.6 Å². The smallest absolute Gasteiger partial charge is 0.343 e. The van der Waals surface area contributed by atoms with Gasteiger partial charge in [-0.3, -0.25) is 9.99 Å². The summed E-state index contributed by atoms with van der Waals surface area (Å²) in [4.78, 5) is 23.8. The fourth-order valence-electron chi connectivity index (χ4n) is 1.45. The van der Waals surface area contributed by atoms with Crippen LogP contribution in [0.5, 0.6) is 6.01 Å². The summed E-state index contributed by atoms with van der Waals surface area (Å²) in [6.07, 6.45) is 0.828. The van der Waals surface area contributed by atoms with Crippen LogP contribution in [0.3, 0.4) is 0 Å². The van der Waals surface area contributed by atoms with Crippen LogP contribution in [0.15, 0.2) is 15.1 Å². The van der Waals surface area contributed by atoms with Crippen molar-refractivity contribution in [1.82, 2.24) is 29.7 Å². The third-order valence-corrected chi connectivity index (χ3v) is 3.24. The maximum Gasteiger partial charge on any atom is 0.343 e. The molecular weight excluding hydrogens is 296 g/mol. The van der Waals surface area contributed by atoms with Crippen LogP contribution in [-0.4, -0.2) is 36.3 Å². The summed E-state index contributed by atoms with van der Waals surface area (Å²) in [6, 6.07) is 0.170. The summed E-state index contributed by atoms with van der Waals surface area (Å²) >= 11 is 1.12. The summed E-state index contributed by atoms with van der Waals surface area (Å²) < 4.78 is 6.84. The van der Waals surface area contributed by atoms with Gasteiger partial charge < -0.3 is 4.74 Å². The van der Waals surface area contributed by atoms with Crippen LogP contribution < -0.4 is 21.7 Å². The average molecular weight is 312 g/mol.